The fourth-order valence-corrected chi connectivity index (χ4v) is 2.29. The number of pyridine rings is 1. The SMILES string of the molecule is O=C1NC(S)c2cccnc2N1c1ccccc1. The van der Waals surface area contributed by atoms with Gasteiger partial charge < -0.3 is 5.32 Å². The van der Waals surface area contributed by atoms with Crippen LogP contribution in [0.25, 0.3) is 0 Å². The molecule has 1 atom stereocenters. The van der Waals surface area contributed by atoms with Crippen molar-refractivity contribution in [2.75, 3.05) is 4.90 Å². The molecule has 5 heteroatoms. The molecule has 90 valence electrons. The van der Waals surface area contributed by atoms with Crippen LogP contribution in [0.3, 0.4) is 0 Å². The molecule has 0 saturated heterocycles. The molecule has 0 saturated carbocycles. The first-order valence-corrected chi connectivity index (χ1v) is 6.07. The number of nitrogens with one attached hydrogen (secondary N) is 1. The molecule has 0 radical (unpaired) electrons. The monoisotopic (exact) mass is 257 g/mol. The second kappa shape index (κ2) is 4.34. The smallest absolute Gasteiger partial charge is 0.322 e. The zero-order valence-electron chi connectivity index (χ0n) is 9.45. The molecule has 1 aromatic heterocycles. The zero-order valence-corrected chi connectivity index (χ0v) is 10.3. The Labute approximate surface area is 110 Å². The normalized spacial score (nSPS) is 18.2. The number of anilines is 2. The molecular formula is C13H11N3OS. The first-order chi connectivity index (χ1) is 8.77. The highest BCUT2D eigenvalue weighted by Crippen LogP contribution is 2.35. The minimum Gasteiger partial charge on any atom is -0.322 e. The molecule has 1 aliphatic heterocycles. The Morgan fingerprint density at radius 3 is 2.72 bits per heavy atom. The number of amides is 2. The van der Waals surface area contributed by atoms with Crippen LogP contribution in [-0.2, 0) is 0 Å². The van der Waals surface area contributed by atoms with Gasteiger partial charge in [-0.15, -0.1) is 12.6 Å². The Morgan fingerprint density at radius 2 is 1.94 bits per heavy atom. The minimum absolute atomic E-state index is 0.215. The van der Waals surface area contributed by atoms with E-state index in [1.165, 1.54) is 0 Å². The Morgan fingerprint density at radius 1 is 1.17 bits per heavy atom. The summed E-state index contributed by atoms with van der Waals surface area (Å²) in [7, 11) is 0. The van der Waals surface area contributed by atoms with E-state index in [9.17, 15) is 4.79 Å². The summed E-state index contributed by atoms with van der Waals surface area (Å²) < 4.78 is 0. The summed E-state index contributed by atoms with van der Waals surface area (Å²) in [5.41, 5.74) is 1.68. The first-order valence-electron chi connectivity index (χ1n) is 5.56. The van der Waals surface area contributed by atoms with Gasteiger partial charge >= 0.3 is 6.03 Å². The Bertz CT molecular complexity index is 588. The van der Waals surface area contributed by atoms with E-state index in [2.05, 4.69) is 22.9 Å². The Kier molecular flexibility index (Phi) is 2.68. The maximum Gasteiger partial charge on any atom is 0.328 e. The van der Waals surface area contributed by atoms with Crippen molar-refractivity contribution in [3.8, 4) is 0 Å². The molecule has 0 aliphatic carbocycles. The molecule has 1 aromatic carbocycles. The molecule has 0 bridgehead atoms. The van der Waals surface area contributed by atoms with Crippen LogP contribution >= 0.6 is 12.6 Å². The average molecular weight is 257 g/mol. The molecule has 2 amide bonds. The van der Waals surface area contributed by atoms with Crippen molar-refractivity contribution in [1.82, 2.24) is 10.3 Å². The van der Waals surface area contributed by atoms with Crippen molar-refractivity contribution in [1.29, 1.82) is 0 Å². The second-order valence-electron chi connectivity index (χ2n) is 3.94. The Hall–Kier alpha value is -2.01. The maximum absolute atomic E-state index is 12.1. The number of carbonyl (C=O) groups excluding carboxylic acids is 1. The number of hydrogen-bond acceptors (Lipinski definition) is 3. The van der Waals surface area contributed by atoms with Crippen LogP contribution in [0.4, 0.5) is 16.3 Å². The maximum atomic E-state index is 12.1. The predicted molar refractivity (Wildman–Crippen MR) is 73.1 cm³/mol. The third-order valence-electron chi connectivity index (χ3n) is 2.80. The molecule has 18 heavy (non-hydrogen) atoms. The fraction of sp³-hybridized carbons (Fsp3) is 0.0769. The van der Waals surface area contributed by atoms with Crippen molar-refractivity contribution < 1.29 is 4.79 Å². The fourth-order valence-electron chi connectivity index (χ4n) is 1.98. The molecular weight excluding hydrogens is 246 g/mol. The van der Waals surface area contributed by atoms with E-state index in [0.29, 0.717) is 5.82 Å². The predicted octanol–water partition coefficient (Wildman–Crippen LogP) is 2.87. The van der Waals surface area contributed by atoms with Gasteiger partial charge in [0.05, 0.1) is 5.69 Å². The lowest BCUT2D eigenvalue weighted by molar-refractivity contribution is 0.246. The van der Waals surface area contributed by atoms with Crippen molar-refractivity contribution in [3.05, 3.63) is 54.2 Å². The Balaban J connectivity index is 2.15. The number of nitrogens with zero attached hydrogens (tertiary/aromatic N) is 2. The molecule has 1 aliphatic rings. The highest BCUT2D eigenvalue weighted by molar-refractivity contribution is 7.80. The van der Waals surface area contributed by atoms with Crippen LogP contribution in [0.5, 0.6) is 0 Å². The number of carbonyl (C=O) groups is 1. The van der Waals surface area contributed by atoms with Crippen LogP contribution in [0, 0.1) is 0 Å². The van der Waals surface area contributed by atoms with E-state index in [-0.39, 0.29) is 11.4 Å². The number of thiol groups is 1. The number of benzene rings is 1. The van der Waals surface area contributed by atoms with Gasteiger partial charge in [-0.25, -0.2) is 14.7 Å². The van der Waals surface area contributed by atoms with Gasteiger partial charge in [-0.05, 0) is 18.2 Å². The summed E-state index contributed by atoms with van der Waals surface area (Å²) in [6, 6.07) is 13.0. The molecule has 2 aromatic rings. The molecule has 1 unspecified atom stereocenters. The lowest BCUT2D eigenvalue weighted by Crippen LogP contribution is -2.43. The number of rotatable bonds is 1. The number of urea groups is 1. The van der Waals surface area contributed by atoms with Gasteiger partial charge in [-0.3, -0.25) is 0 Å². The van der Waals surface area contributed by atoms with Crippen molar-refractivity contribution in [2.45, 2.75) is 5.37 Å². The van der Waals surface area contributed by atoms with E-state index >= 15 is 0 Å². The number of para-hydroxylation sites is 1. The van der Waals surface area contributed by atoms with Gasteiger partial charge in [0.25, 0.3) is 0 Å². The number of aromatic nitrogens is 1. The molecule has 0 fully saturated rings. The van der Waals surface area contributed by atoms with Gasteiger partial charge in [-0.2, -0.15) is 0 Å². The molecule has 2 heterocycles. The van der Waals surface area contributed by atoms with Crippen molar-refractivity contribution in [2.24, 2.45) is 0 Å². The summed E-state index contributed by atoms with van der Waals surface area (Å²) in [5.74, 6) is 0.632. The van der Waals surface area contributed by atoms with Gasteiger partial charge in [0.2, 0.25) is 0 Å². The molecule has 4 nitrogen and oxygen atoms in total. The third-order valence-corrected chi connectivity index (χ3v) is 3.21. The van der Waals surface area contributed by atoms with Gasteiger partial charge in [0.1, 0.15) is 11.2 Å². The average Bonchev–Trinajstić information content (AvgIpc) is 2.40. The topological polar surface area (TPSA) is 45.2 Å². The lowest BCUT2D eigenvalue weighted by Gasteiger charge is -2.31. The van der Waals surface area contributed by atoms with Crippen molar-refractivity contribution in [3.63, 3.8) is 0 Å². The highest BCUT2D eigenvalue weighted by Gasteiger charge is 2.30. The summed E-state index contributed by atoms with van der Waals surface area (Å²) >= 11 is 4.35. The summed E-state index contributed by atoms with van der Waals surface area (Å²) in [6.45, 7) is 0. The summed E-state index contributed by atoms with van der Waals surface area (Å²) in [6.07, 6.45) is 1.67. The number of fused-ring (bicyclic) bond motifs is 1. The van der Waals surface area contributed by atoms with E-state index in [1.807, 2.05) is 42.5 Å². The minimum atomic E-state index is -0.318. The summed E-state index contributed by atoms with van der Waals surface area (Å²) in [4.78, 5) is 17.9. The van der Waals surface area contributed by atoms with E-state index in [4.69, 9.17) is 0 Å². The molecule has 0 spiro atoms. The van der Waals surface area contributed by atoms with Gasteiger partial charge in [-0.1, -0.05) is 24.3 Å². The van der Waals surface area contributed by atoms with Gasteiger partial charge in [0, 0.05) is 11.8 Å². The largest absolute Gasteiger partial charge is 0.328 e. The summed E-state index contributed by atoms with van der Waals surface area (Å²) in [5, 5.41) is 2.48. The van der Waals surface area contributed by atoms with Crippen LogP contribution < -0.4 is 10.2 Å². The standard InChI is InChI=1S/C13H11N3OS/c17-13-15-12(18)10-7-4-8-14-11(10)16(13)9-5-2-1-3-6-9/h1-8,12,18H,(H,15,17). The lowest BCUT2D eigenvalue weighted by atomic mass is 10.2. The first kappa shape index (κ1) is 11.1. The van der Waals surface area contributed by atoms with Gasteiger partial charge in [0.15, 0.2) is 0 Å². The van der Waals surface area contributed by atoms with E-state index in [1.54, 1.807) is 11.1 Å². The van der Waals surface area contributed by atoms with Crippen LogP contribution in [0.1, 0.15) is 10.9 Å². The van der Waals surface area contributed by atoms with Crippen LogP contribution in [-0.4, -0.2) is 11.0 Å². The third kappa shape index (κ3) is 1.73. The van der Waals surface area contributed by atoms with E-state index < -0.39 is 0 Å². The van der Waals surface area contributed by atoms with Crippen LogP contribution in [0.2, 0.25) is 0 Å². The molecule has 1 N–H and O–H groups in total. The zero-order chi connectivity index (χ0) is 12.5. The number of hydrogen-bond donors (Lipinski definition) is 2. The van der Waals surface area contributed by atoms with E-state index in [0.717, 1.165) is 11.3 Å². The second-order valence-corrected chi connectivity index (χ2v) is 4.46. The quantitative estimate of drug-likeness (QED) is 0.772. The van der Waals surface area contributed by atoms with Crippen molar-refractivity contribution >= 4 is 30.2 Å². The van der Waals surface area contributed by atoms with Crippen LogP contribution in [0.15, 0.2) is 48.7 Å². The molecule has 3 rings (SSSR count). The highest BCUT2D eigenvalue weighted by atomic mass is 32.1.